The van der Waals surface area contributed by atoms with Crippen molar-refractivity contribution in [3.8, 4) is 22.3 Å². The number of hydrogen-bond acceptors (Lipinski definition) is 2. The van der Waals surface area contributed by atoms with E-state index < -0.39 is 0 Å². The van der Waals surface area contributed by atoms with Gasteiger partial charge in [-0.3, -0.25) is 0 Å². The minimum absolute atomic E-state index is 0.118. The molecule has 0 N–H and O–H groups in total. The highest BCUT2D eigenvalue weighted by Gasteiger charge is 2.51. The van der Waals surface area contributed by atoms with Gasteiger partial charge in [0.25, 0.3) is 6.71 Å². The highest BCUT2D eigenvalue weighted by molar-refractivity contribution is 7.06. The van der Waals surface area contributed by atoms with Gasteiger partial charge in [-0.2, -0.15) is 0 Å². The molecule has 11 rings (SSSR count). The second-order valence-electron chi connectivity index (χ2n) is 16.2. The first-order valence-corrected chi connectivity index (χ1v) is 19.0. The molecule has 1 unspecified atom stereocenters. The molecule has 0 saturated carbocycles. The van der Waals surface area contributed by atoms with E-state index in [2.05, 4.69) is 167 Å². The smallest absolute Gasteiger partial charge is 0.250 e. The Kier molecular flexibility index (Phi) is 6.12. The SMILES string of the molecule is Cc1ccc(N(C2=CCC(C)C=C2)c2ccc3c4c2B2c5ccc(C)cc5-c5cc(C)cc(c52)N4c2cc(C)cc4c2B3c2ccc(C)cc2-4)cc1. The van der Waals surface area contributed by atoms with E-state index in [1.54, 1.807) is 0 Å². The predicted octanol–water partition coefficient (Wildman–Crippen LogP) is 7.94. The number of anilines is 5. The van der Waals surface area contributed by atoms with Crippen LogP contribution in [0.4, 0.5) is 28.4 Å². The standard InChI is InChI=1S/C48H40B2N2/c1-27-7-13-33(14-8-27)51(34-15-9-28(2)10-16-34)42-20-19-41-48-47(42)50-40-18-12-30(4)22-36(40)38-24-32(6)26-44(46(38)50)52(48)43-25-31(5)23-37-35-21-29(3)11-17-39(35)49(41)45(37)43/h7-9,11-26,28H,10H2,1-6H3. The fourth-order valence-corrected chi connectivity index (χ4v) is 10.2. The molecule has 0 bridgehead atoms. The molecule has 2 nitrogen and oxygen atoms in total. The van der Waals surface area contributed by atoms with E-state index in [4.69, 9.17) is 0 Å². The van der Waals surface area contributed by atoms with Crippen molar-refractivity contribution in [3.05, 3.63) is 149 Å². The average molecular weight is 666 g/mol. The van der Waals surface area contributed by atoms with Gasteiger partial charge in [-0.05, 0) is 139 Å². The lowest BCUT2D eigenvalue weighted by molar-refractivity contribution is 0.728. The number of rotatable bonds is 3. The first-order chi connectivity index (χ1) is 25.2. The lowest BCUT2D eigenvalue weighted by Gasteiger charge is -2.45. The van der Waals surface area contributed by atoms with Crippen molar-refractivity contribution in [2.75, 3.05) is 9.80 Å². The molecule has 52 heavy (non-hydrogen) atoms. The van der Waals surface area contributed by atoms with Crippen LogP contribution in [0.25, 0.3) is 22.3 Å². The third kappa shape index (κ3) is 3.98. The van der Waals surface area contributed by atoms with E-state index in [0.717, 1.165) is 6.42 Å². The van der Waals surface area contributed by atoms with Crippen molar-refractivity contribution in [1.29, 1.82) is 0 Å². The predicted molar refractivity (Wildman–Crippen MR) is 225 cm³/mol. The highest BCUT2D eigenvalue weighted by Crippen LogP contribution is 2.47. The number of aryl methyl sites for hydroxylation is 5. The third-order valence-corrected chi connectivity index (χ3v) is 12.4. The molecule has 1 aliphatic carbocycles. The van der Waals surface area contributed by atoms with Crippen LogP contribution < -0.4 is 42.6 Å². The zero-order valence-electron chi connectivity index (χ0n) is 30.8. The molecule has 0 radical (unpaired) electrons. The maximum absolute atomic E-state index is 2.69. The normalized spacial score (nSPS) is 16.3. The summed E-state index contributed by atoms with van der Waals surface area (Å²) in [6.07, 6.45) is 8.23. The van der Waals surface area contributed by atoms with Crippen molar-refractivity contribution >= 4 is 74.6 Å². The summed E-state index contributed by atoms with van der Waals surface area (Å²) in [6.45, 7) is 13.8. The fourth-order valence-electron chi connectivity index (χ4n) is 10.2. The van der Waals surface area contributed by atoms with Gasteiger partial charge in [0, 0.05) is 34.1 Å². The van der Waals surface area contributed by atoms with E-state index in [1.165, 1.54) is 117 Å². The quantitative estimate of drug-likeness (QED) is 0.177. The van der Waals surface area contributed by atoms with Crippen LogP contribution in [0, 0.1) is 40.5 Å². The lowest BCUT2D eigenvalue weighted by Crippen LogP contribution is -2.63. The molecule has 248 valence electrons. The van der Waals surface area contributed by atoms with Gasteiger partial charge in [0.05, 0.1) is 0 Å². The van der Waals surface area contributed by atoms with Crippen LogP contribution >= 0.6 is 0 Å². The summed E-state index contributed by atoms with van der Waals surface area (Å²) in [5.41, 5.74) is 28.4. The van der Waals surface area contributed by atoms with Crippen molar-refractivity contribution in [2.24, 2.45) is 5.92 Å². The van der Waals surface area contributed by atoms with Gasteiger partial charge in [-0.25, -0.2) is 0 Å². The Bertz CT molecular complexity index is 2630. The molecule has 4 heterocycles. The van der Waals surface area contributed by atoms with Crippen molar-refractivity contribution in [2.45, 2.75) is 48.0 Å². The molecule has 0 aromatic heterocycles. The van der Waals surface area contributed by atoms with E-state index >= 15 is 0 Å². The Morgan fingerprint density at radius 1 is 0.558 bits per heavy atom. The molecule has 4 heteroatoms. The van der Waals surface area contributed by atoms with Crippen LogP contribution in [-0.4, -0.2) is 13.4 Å². The summed E-state index contributed by atoms with van der Waals surface area (Å²) in [6, 6.07) is 38.2. The van der Waals surface area contributed by atoms with Crippen LogP contribution in [0.1, 0.15) is 41.2 Å². The van der Waals surface area contributed by atoms with Crippen molar-refractivity contribution in [1.82, 2.24) is 0 Å². The van der Waals surface area contributed by atoms with Gasteiger partial charge in [-0.15, -0.1) is 0 Å². The molecular formula is C48H40B2N2. The Morgan fingerprint density at radius 3 is 1.73 bits per heavy atom. The van der Waals surface area contributed by atoms with Gasteiger partial charge in [0.1, 0.15) is 0 Å². The number of hydrogen-bond donors (Lipinski definition) is 0. The Balaban J connectivity index is 1.29. The molecule has 1 atom stereocenters. The second kappa shape index (κ2) is 10.5. The van der Waals surface area contributed by atoms with Gasteiger partial charge in [0.15, 0.2) is 0 Å². The molecule has 0 amide bonds. The summed E-state index contributed by atoms with van der Waals surface area (Å²) in [5, 5.41) is 0. The van der Waals surface area contributed by atoms with Gasteiger partial charge < -0.3 is 9.80 Å². The fraction of sp³-hybridized carbons (Fsp3) is 0.167. The van der Waals surface area contributed by atoms with Crippen LogP contribution in [0.5, 0.6) is 0 Å². The Morgan fingerprint density at radius 2 is 1.12 bits per heavy atom. The molecule has 5 aliphatic rings. The third-order valence-electron chi connectivity index (χ3n) is 12.4. The zero-order chi connectivity index (χ0) is 35.2. The van der Waals surface area contributed by atoms with E-state index in [1.807, 2.05) is 0 Å². The van der Waals surface area contributed by atoms with Crippen LogP contribution in [0.3, 0.4) is 0 Å². The Labute approximate surface area is 308 Å². The van der Waals surface area contributed by atoms with Gasteiger partial charge in [0.2, 0.25) is 6.71 Å². The number of fused-ring (bicyclic) bond motifs is 10. The van der Waals surface area contributed by atoms with E-state index in [9.17, 15) is 0 Å². The van der Waals surface area contributed by atoms with E-state index in [0.29, 0.717) is 5.92 Å². The van der Waals surface area contributed by atoms with Crippen LogP contribution in [-0.2, 0) is 0 Å². The summed E-state index contributed by atoms with van der Waals surface area (Å²) in [7, 11) is 0. The largest absolute Gasteiger partial charge is 0.312 e. The first kappa shape index (κ1) is 30.2. The summed E-state index contributed by atoms with van der Waals surface area (Å²) in [4.78, 5) is 5.25. The maximum Gasteiger partial charge on any atom is 0.250 e. The van der Waals surface area contributed by atoms with E-state index in [-0.39, 0.29) is 13.4 Å². The molecule has 6 aromatic rings. The van der Waals surface area contributed by atoms with Crippen LogP contribution in [0.15, 0.2) is 121 Å². The minimum atomic E-state index is 0.118. The molecule has 6 aromatic carbocycles. The minimum Gasteiger partial charge on any atom is -0.312 e. The van der Waals surface area contributed by atoms with Gasteiger partial charge in [-0.1, -0.05) is 113 Å². The van der Waals surface area contributed by atoms with Crippen molar-refractivity contribution < 1.29 is 0 Å². The lowest BCUT2D eigenvalue weighted by atomic mass is 9.32. The topological polar surface area (TPSA) is 6.48 Å². The summed E-state index contributed by atoms with van der Waals surface area (Å²) in [5.74, 6) is 0.531. The second-order valence-corrected chi connectivity index (χ2v) is 16.2. The maximum atomic E-state index is 2.69. The number of nitrogens with zero attached hydrogens (tertiary/aromatic N) is 2. The highest BCUT2D eigenvalue weighted by atomic mass is 15.2. The summed E-state index contributed by atoms with van der Waals surface area (Å²) >= 11 is 0. The molecule has 0 fully saturated rings. The first-order valence-electron chi connectivity index (χ1n) is 19.0. The number of allylic oxidation sites excluding steroid dienone is 3. The van der Waals surface area contributed by atoms with Crippen molar-refractivity contribution in [3.63, 3.8) is 0 Å². The number of benzene rings is 6. The molecule has 0 spiro atoms. The average Bonchev–Trinajstić information content (AvgIpc) is 3.62. The van der Waals surface area contributed by atoms with Crippen LogP contribution in [0.2, 0.25) is 0 Å². The Hall–Kier alpha value is -5.47. The molecular weight excluding hydrogens is 626 g/mol. The summed E-state index contributed by atoms with van der Waals surface area (Å²) < 4.78 is 0. The van der Waals surface area contributed by atoms with Gasteiger partial charge >= 0.3 is 0 Å². The molecule has 0 saturated heterocycles. The molecule has 4 aliphatic heterocycles. The monoisotopic (exact) mass is 666 g/mol. The zero-order valence-corrected chi connectivity index (χ0v) is 30.8.